The minimum Gasteiger partial charge on any atom is -0.463 e. The molecule has 0 N–H and O–H groups in total. The molecule has 7 nitrogen and oxygen atoms in total. The molecule has 1 aromatic heterocycles. The van der Waals surface area contributed by atoms with E-state index < -0.39 is 18.0 Å². The van der Waals surface area contributed by atoms with Crippen LogP contribution in [0.25, 0.3) is 6.08 Å². The van der Waals surface area contributed by atoms with Crippen LogP contribution < -0.4 is 19.6 Å². The minimum atomic E-state index is -0.706. The third kappa shape index (κ3) is 4.73. The predicted octanol–water partition coefficient (Wildman–Crippen LogP) is 3.38. The Morgan fingerprint density at radius 1 is 1.21 bits per heavy atom. The molecule has 0 unspecified atom stereocenters. The first-order chi connectivity index (χ1) is 16.3. The van der Waals surface area contributed by atoms with Gasteiger partial charge < -0.3 is 9.47 Å². The van der Waals surface area contributed by atoms with E-state index in [4.69, 9.17) is 21.1 Å². The van der Waals surface area contributed by atoms with Gasteiger partial charge in [-0.3, -0.25) is 14.2 Å². The van der Waals surface area contributed by atoms with Crippen molar-refractivity contribution in [2.45, 2.75) is 26.8 Å². The fourth-order valence-corrected chi connectivity index (χ4v) is 4.91. The number of fused-ring (bicyclic) bond motifs is 1. The van der Waals surface area contributed by atoms with E-state index in [9.17, 15) is 14.4 Å². The number of carbonyl (C=O) groups is 2. The fraction of sp³-hybridized carbons (Fsp3) is 0.200. The molecule has 2 heterocycles. The van der Waals surface area contributed by atoms with E-state index in [1.165, 1.54) is 22.8 Å². The van der Waals surface area contributed by atoms with E-state index in [1.54, 1.807) is 68.5 Å². The highest BCUT2D eigenvalue weighted by Crippen LogP contribution is 2.31. The van der Waals surface area contributed by atoms with E-state index in [1.807, 2.05) is 0 Å². The molecule has 34 heavy (non-hydrogen) atoms. The average Bonchev–Trinajstić information content (AvgIpc) is 3.08. The van der Waals surface area contributed by atoms with Crippen LogP contribution in [0.15, 0.2) is 69.6 Å². The van der Waals surface area contributed by atoms with E-state index in [-0.39, 0.29) is 12.2 Å². The molecule has 2 aromatic carbocycles. The van der Waals surface area contributed by atoms with Crippen LogP contribution in [0.3, 0.4) is 0 Å². The second-order valence-electron chi connectivity index (χ2n) is 7.52. The summed E-state index contributed by atoms with van der Waals surface area (Å²) in [5, 5.41) is 0.544. The molecule has 0 amide bonds. The number of aromatic nitrogens is 1. The molecule has 0 fully saturated rings. The fourth-order valence-electron chi connectivity index (χ4n) is 3.74. The zero-order valence-electron chi connectivity index (χ0n) is 18.7. The zero-order chi connectivity index (χ0) is 24.4. The van der Waals surface area contributed by atoms with Crippen LogP contribution in [0.2, 0.25) is 5.02 Å². The summed E-state index contributed by atoms with van der Waals surface area (Å²) in [5.41, 5.74) is 1.90. The lowest BCUT2D eigenvalue weighted by atomic mass is 9.96. The predicted molar refractivity (Wildman–Crippen MR) is 130 cm³/mol. The van der Waals surface area contributed by atoms with Gasteiger partial charge in [0.05, 0.1) is 28.5 Å². The molecule has 1 atom stereocenters. The summed E-state index contributed by atoms with van der Waals surface area (Å²) >= 11 is 7.29. The maximum Gasteiger partial charge on any atom is 0.338 e. The van der Waals surface area contributed by atoms with Crippen LogP contribution in [0.5, 0.6) is 5.75 Å². The number of hydrogen-bond acceptors (Lipinski definition) is 7. The van der Waals surface area contributed by atoms with Gasteiger partial charge in [-0.2, -0.15) is 0 Å². The second kappa shape index (κ2) is 9.79. The molecule has 0 spiro atoms. The molecule has 174 valence electrons. The van der Waals surface area contributed by atoms with E-state index in [2.05, 4.69) is 4.99 Å². The van der Waals surface area contributed by atoms with Crippen molar-refractivity contribution >= 4 is 41.0 Å². The van der Waals surface area contributed by atoms with Crippen molar-refractivity contribution in [2.75, 3.05) is 6.61 Å². The van der Waals surface area contributed by atoms with Crippen molar-refractivity contribution in [1.29, 1.82) is 0 Å². The number of benzene rings is 2. The van der Waals surface area contributed by atoms with Gasteiger partial charge in [0.25, 0.3) is 5.56 Å². The number of halogens is 1. The highest BCUT2D eigenvalue weighted by molar-refractivity contribution is 7.07. The standard InChI is InChI=1S/C25H21ClN2O5S/c1-4-32-24(31)21-14(2)27-25-28(22(21)17-8-10-18(26)11-9-17)23(30)20(34-25)13-16-6-5-7-19(12-16)33-15(3)29/h5-13,22H,4H2,1-3H3/b20-13-/t22-/m1/s1. The van der Waals surface area contributed by atoms with E-state index in [0.29, 0.717) is 42.5 Å². The normalized spacial score (nSPS) is 15.5. The van der Waals surface area contributed by atoms with Crippen molar-refractivity contribution in [1.82, 2.24) is 4.57 Å². The molecule has 0 radical (unpaired) electrons. The van der Waals surface area contributed by atoms with Crippen LogP contribution >= 0.6 is 22.9 Å². The van der Waals surface area contributed by atoms with E-state index >= 15 is 0 Å². The molecule has 3 aromatic rings. The number of carbonyl (C=O) groups excluding carboxylic acids is 2. The summed E-state index contributed by atoms with van der Waals surface area (Å²) in [4.78, 5) is 42.7. The lowest BCUT2D eigenvalue weighted by Gasteiger charge is -2.24. The molecule has 4 rings (SSSR count). The molecule has 0 saturated carbocycles. The number of esters is 2. The van der Waals surface area contributed by atoms with Crippen LogP contribution in [0.1, 0.15) is 37.9 Å². The maximum absolute atomic E-state index is 13.6. The van der Waals surface area contributed by atoms with Gasteiger partial charge in [0.1, 0.15) is 5.75 Å². The first kappa shape index (κ1) is 23.7. The number of allylic oxidation sites excluding steroid dienone is 1. The van der Waals surface area contributed by atoms with Gasteiger partial charge in [0.15, 0.2) is 4.80 Å². The molecule has 0 bridgehead atoms. The zero-order valence-corrected chi connectivity index (χ0v) is 20.3. The Balaban J connectivity index is 1.90. The van der Waals surface area contributed by atoms with Crippen LogP contribution in [0, 0.1) is 0 Å². The first-order valence-corrected chi connectivity index (χ1v) is 11.7. The lowest BCUT2D eigenvalue weighted by molar-refractivity contribution is -0.139. The Bertz CT molecular complexity index is 1480. The highest BCUT2D eigenvalue weighted by atomic mass is 35.5. The number of ether oxygens (including phenoxy) is 2. The lowest BCUT2D eigenvalue weighted by Crippen LogP contribution is -2.39. The maximum atomic E-state index is 13.6. The van der Waals surface area contributed by atoms with Crippen LogP contribution in [0.4, 0.5) is 0 Å². The SMILES string of the molecule is CCOC(=O)C1=C(C)N=c2s/c(=C\c3cccc(OC(C)=O)c3)c(=O)n2[C@@H]1c1ccc(Cl)cc1. The highest BCUT2D eigenvalue weighted by Gasteiger charge is 2.33. The van der Waals surface area contributed by atoms with Gasteiger partial charge in [-0.15, -0.1) is 0 Å². The minimum absolute atomic E-state index is 0.200. The largest absolute Gasteiger partial charge is 0.463 e. The van der Waals surface area contributed by atoms with Crippen molar-refractivity contribution in [3.05, 3.63) is 95.6 Å². The third-order valence-electron chi connectivity index (χ3n) is 5.12. The van der Waals surface area contributed by atoms with Gasteiger partial charge in [-0.05, 0) is 55.3 Å². The first-order valence-electron chi connectivity index (χ1n) is 10.5. The van der Waals surface area contributed by atoms with Crippen LogP contribution in [-0.4, -0.2) is 23.1 Å². The molecule has 0 aliphatic carbocycles. The Labute approximate surface area is 204 Å². The summed E-state index contributed by atoms with van der Waals surface area (Å²) in [5.74, 6) is -0.568. The summed E-state index contributed by atoms with van der Waals surface area (Å²) in [6.45, 7) is 4.98. The number of thiazole rings is 1. The summed E-state index contributed by atoms with van der Waals surface area (Å²) < 4.78 is 12.4. The Kier molecular flexibility index (Phi) is 6.81. The Morgan fingerprint density at radius 2 is 1.94 bits per heavy atom. The molecular formula is C25H21ClN2O5S. The summed E-state index contributed by atoms with van der Waals surface area (Å²) in [6.07, 6.45) is 1.71. The quantitative estimate of drug-likeness (QED) is 0.399. The molecule has 1 aliphatic heterocycles. The summed E-state index contributed by atoms with van der Waals surface area (Å²) in [6, 6.07) is 13.2. The van der Waals surface area contributed by atoms with Gasteiger partial charge in [-0.1, -0.05) is 47.2 Å². The van der Waals surface area contributed by atoms with Crippen molar-refractivity contribution in [3.63, 3.8) is 0 Å². The van der Waals surface area contributed by atoms with Crippen molar-refractivity contribution in [3.8, 4) is 5.75 Å². The monoisotopic (exact) mass is 496 g/mol. The van der Waals surface area contributed by atoms with Gasteiger partial charge in [0.2, 0.25) is 0 Å². The smallest absolute Gasteiger partial charge is 0.338 e. The molecule has 0 saturated heterocycles. The van der Waals surface area contributed by atoms with E-state index in [0.717, 1.165) is 0 Å². The van der Waals surface area contributed by atoms with Gasteiger partial charge in [-0.25, -0.2) is 9.79 Å². The van der Waals surface area contributed by atoms with Crippen LogP contribution in [-0.2, 0) is 14.3 Å². The average molecular weight is 497 g/mol. The van der Waals surface area contributed by atoms with Gasteiger partial charge in [0, 0.05) is 11.9 Å². The molecule has 9 heteroatoms. The Hall–Kier alpha value is -3.49. The van der Waals surface area contributed by atoms with Gasteiger partial charge >= 0.3 is 11.9 Å². The third-order valence-corrected chi connectivity index (χ3v) is 6.36. The summed E-state index contributed by atoms with van der Waals surface area (Å²) in [7, 11) is 0. The number of rotatable bonds is 5. The van der Waals surface area contributed by atoms with Crippen molar-refractivity contribution < 1.29 is 19.1 Å². The second-order valence-corrected chi connectivity index (χ2v) is 8.97. The topological polar surface area (TPSA) is 87.0 Å². The van der Waals surface area contributed by atoms with Crippen molar-refractivity contribution in [2.24, 2.45) is 4.99 Å². The molecule has 1 aliphatic rings. The molecular weight excluding hydrogens is 476 g/mol. The number of nitrogens with zero attached hydrogens (tertiary/aromatic N) is 2. The number of hydrogen-bond donors (Lipinski definition) is 0. The Morgan fingerprint density at radius 3 is 2.62 bits per heavy atom.